The van der Waals surface area contributed by atoms with Crippen LogP contribution < -0.4 is 0 Å². The molecular formula is C9H12BF3. The SMILES string of the molecule is [B]CC1=C(C(F)(F)F)CCCCC1. The Morgan fingerprint density at radius 1 is 1.08 bits per heavy atom. The van der Waals surface area contributed by atoms with E-state index < -0.39 is 6.18 Å². The fourth-order valence-electron chi connectivity index (χ4n) is 1.71. The van der Waals surface area contributed by atoms with E-state index in [4.69, 9.17) is 7.85 Å². The van der Waals surface area contributed by atoms with Crippen LogP contribution >= 0.6 is 0 Å². The molecule has 0 nitrogen and oxygen atoms in total. The van der Waals surface area contributed by atoms with Gasteiger partial charge >= 0.3 is 6.18 Å². The number of rotatable bonds is 1. The van der Waals surface area contributed by atoms with Gasteiger partial charge < -0.3 is 0 Å². The summed E-state index contributed by atoms with van der Waals surface area (Å²) < 4.78 is 37.3. The second-order valence-corrected chi connectivity index (χ2v) is 3.34. The summed E-state index contributed by atoms with van der Waals surface area (Å²) in [6.07, 6.45) is -1.09. The predicted molar refractivity (Wildman–Crippen MR) is 46.7 cm³/mol. The first-order chi connectivity index (χ1) is 6.05. The number of hydrogen-bond acceptors (Lipinski definition) is 0. The zero-order valence-electron chi connectivity index (χ0n) is 7.45. The molecule has 1 rings (SSSR count). The normalized spacial score (nSPS) is 20.2. The van der Waals surface area contributed by atoms with E-state index in [1.54, 1.807) is 0 Å². The summed E-state index contributed by atoms with van der Waals surface area (Å²) in [6.45, 7) is 0. The third-order valence-electron chi connectivity index (χ3n) is 2.42. The summed E-state index contributed by atoms with van der Waals surface area (Å²) in [6, 6.07) is 0. The molecule has 4 heteroatoms. The molecule has 2 radical (unpaired) electrons. The number of allylic oxidation sites excluding steroid dienone is 2. The van der Waals surface area contributed by atoms with Crippen LogP contribution in [0.1, 0.15) is 32.1 Å². The Morgan fingerprint density at radius 2 is 1.69 bits per heavy atom. The average molecular weight is 188 g/mol. The molecule has 0 saturated carbocycles. The Balaban J connectivity index is 2.89. The van der Waals surface area contributed by atoms with E-state index in [0.717, 1.165) is 12.8 Å². The molecule has 0 aliphatic heterocycles. The molecule has 0 heterocycles. The summed E-state index contributed by atoms with van der Waals surface area (Å²) in [5.74, 6) is 0. The van der Waals surface area contributed by atoms with Crippen LogP contribution in [0.25, 0.3) is 0 Å². The average Bonchev–Trinajstić information content (AvgIpc) is 2.26. The standard InChI is InChI=1S/C9H12BF3/c10-6-7-4-2-1-3-5-8(7)9(11,12)13/h1-6H2. The number of halogens is 3. The second kappa shape index (κ2) is 4.20. The minimum atomic E-state index is -4.17. The summed E-state index contributed by atoms with van der Waals surface area (Å²) >= 11 is 0. The highest BCUT2D eigenvalue weighted by Gasteiger charge is 2.35. The zero-order valence-corrected chi connectivity index (χ0v) is 7.45. The van der Waals surface area contributed by atoms with Crippen LogP contribution in [0.3, 0.4) is 0 Å². The Kier molecular flexibility index (Phi) is 3.45. The van der Waals surface area contributed by atoms with Crippen LogP contribution in [0, 0.1) is 0 Å². The smallest absolute Gasteiger partial charge is 0.166 e. The Bertz CT molecular complexity index is 205. The lowest BCUT2D eigenvalue weighted by Crippen LogP contribution is -2.14. The Hall–Kier alpha value is -0.405. The molecule has 0 fully saturated rings. The van der Waals surface area contributed by atoms with Crippen LogP contribution in [0.15, 0.2) is 11.1 Å². The Morgan fingerprint density at radius 3 is 2.23 bits per heavy atom. The van der Waals surface area contributed by atoms with Gasteiger partial charge in [0, 0.05) is 5.57 Å². The third kappa shape index (κ3) is 2.78. The van der Waals surface area contributed by atoms with Crippen LogP contribution in [0.4, 0.5) is 13.2 Å². The van der Waals surface area contributed by atoms with Crippen molar-refractivity contribution in [3.05, 3.63) is 11.1 Å². The van der Waals surface area contributed by atoms with Crippen molar-refractivity contribution in [3.63, 3.8) is 0 Å². The largest absolute Gasteiger partial charge is 0.412 e. The first-order valence-electron chi connectivity index (χ1n) is 4.54. The van der Waals surface area contributed by atoms with Gasteiger partial charge in [-0.05, 0) is 25.7 Å². The van der Waals surface area contributed by atoms with Crippen LogP contribution in [0.5, 0.6) is 0 Å². The highest BCUT2D eigenvalue weighted by Crippen LogP contribution is 2.36. The number of alkyl halides is 3. The molecule has 0 aromatic rings. The fraction of sp³-hybridized carbons (Fsp3) is 0.778. The highest BCUT2D eigenvalue weighted by atomic mass is 19.4. The lowest BCUT2D eigenvalue weighted by molar-refractivity contribution is -0.0948. The molecule has 72 valence electrons. The lowest BCUT2D eigenvalue weighted by atomic mass is 9.90. The van der Waals surface area contributed by atoms with Crippen LogP contribution in [-0.4, -0.2) is 14.0 Å². The molecular weight excluding hydrogens is 176 g/mol. The van der Waals surface area contributed by atoms with Crippen molar-refractivity contribution in [3.8, 4) is 0 Å². The summed E-state index contributed by atoms with van der Waals surface area (Å²) in [5, 5.41) is 0. The van der Waals surface area contributed by atoms with Crippen molar-refractivity contribution in [1.82, 2.24) is 0 Å². The van der Waals surface area contributed by atoms with Gasteiger partial charge in [-0.25, -0.2) is 0 Å². The van der Waals surface area contributed by atoms with Crippen molar-refractivity contribution in [2.45, 2.75) is 44.6 Å². The van der Waals surface area contributed by atoms with E-state index in [0.29, 0.717) is 18.4 Å². The lowest BCUT2D eigenvalue weighted by Gasteiger charge is -2.14. The van der Waals surface area contributed by atoms with Crippen LogP contribution in [0.2, 0.25) is 6.32 Å². The molecule has 0 unspecified atom stereocenters. The van der Waals surface area contributed by atoms with E-state index in [1.165, 1.54) is 0 Å². The minimum Gasteiger partial charge on any atom is -0.166 e. The predicted octanol–water partition coefficient (Wildman–Crippen LogP) is 3.40. The van der Waals surface area contributed by atoms with Gasteiger partial charge in [0.1, 0.15) is 0 Å². The first kappa shape index (κ1) is 10.7. The number of hydrogen-bond donors (Lipinski definition) is 0. The maximum absolute atomic E-state index is 12.4. The van der Waals surface area contributed by atoms with Crippen molar-refractivity contribution in [1.29, 1.82) is 0 Å². The van der Waals surface area contributed by atoms with Gasteiger partial charge in [-0.1, -0.05) is 18.3 Å². The highest BCUT2D eigenvalue weighted by molar-refractivity contribution is 6.10. The van der Waals surface area contributed by atoms with Gasteiger partial charge in [-0.15, -0.1) is 0 Å². The van der Waals surface area contributed by atoms with Gasteiger partial charge in [0.25, 0.3) is 0 Å². The molecule has 0 atom stereocenters. The van der Waals surface area contributed by atoms with Crippen molar-refractivity contribution in [2.75, 3.05) is 0 Å². The Labute approximate surface area is 77.6 Å². The molecule has 0 spiro atoms. The maximum Gasteiger partial charge on any atom is 0.412 e. The third-order valence-corrected chi connectivity index (χ3v) is 2.42. The zero-order chi connectivity index (χ0) is 9.90. The quantitative estimate of drug-likeness (QED) is 0.437. The summed E-state index contributed by atoms with van der Waals surface area (Å²) in [5.41, 5.74) is 0.0394. The molecule has 1 aliphatic rings. The van der Waals surface area contributed by atoms with Crippen molar-refractivity contribution < 1.29 is 13.2 Å². The van der Waals surface area contributed by atoms with E-state index in [-0.39, 0.29) is 18.3 Å². The fourth-order valence-corrected chi connectivity index (χ4v) is 1.71. The van der Waals surface area contributed by atoms with E-state index in [9.17, 15) is 13.2 Å². The van der Waals surface area contributed by atoms with Gasteiger partial charge in [-0.2, -0.15) is 13.2 Å². The molecule has 0 bridgehead atoms. The minimum absolute atomic E-state index is 0.0504. The maximum atomic E-state index is 12.4. The molecule has 13 heavy (non-hydrogen) atoms. The van der Waals surface area contributed by atoms with E-state index in [1.807, 2.05) is 0 Å². The van der Waals surface area contributed by atoms with E-state index >= 15 is 0 Å². The van der Waals surface area contributed by atoms with Gasteiger partial charge in [0.05, 0.1) is 7.85 Å². The molecule has 0 aromatic carbocycles. The van der Waals surface area contributed by atoms with Gasteiger partial charge in [-0.3, -0.25) is 0 Å². The van der Waals surface area contributed by atoms with Crippen molar-refractivity contribution >= 4 is 7.85 Å². The van der Waals surface area contributed by atoms with Crippen LogP contribution in [-0.2, 0) is 0 Å². The molecule has 0 aromatic heterocycles. The molecule has 0 saturated heterocycles. The van der Waals surface area contributed by atoms with Crippen molar-refractivity contribution in [2.24, 2.45) is 0 Å². The summed E-state index contributed by atoms with van der Waals surface area (Å²) in [7, 11) is 5.30. The van der Waals surface area contributed by atoms with E-state index in [2.05, 4.69) is 0 Å². The summed E-state index contributed by atoms with van der Waals surface area (Å²) in [4.78, 5) is 0. The molecule has 1 aliphatic carbocycles. The topological polar surface area (TPSA) is 0 Å². The molecule has 0 N–H and O–H groups in total. The van der Waals surface area contributed by atoms with Gasteiger partial charge in [0.15, 0.2) is 0 Å². The first-order valence-corrected chi connectivity index (χ1v) is 4.54. The molecule has 0 amide bonds. The van der Waals surface area contributed by atoms with Gasteiger partial charge in [0.2, 0.25) is 0 Å². The second-order valence-electron chi connectivity index (χ2n) is 3.34. The monoisotopic (exact) mass is 188 g/mol.